The lowest BCUT2D eigenvalue weighted by molar-refractivity contribution is 0.00844. The summed E-state index contributed by atoms with van der Waals surface area (Å²) < 4.78 is 7.25. The number of rotatable bonds is 6. The fourth-order valence-corrected chi connectivity index (χ4v) is 3.05. The molecule has 1 amide bonds. The van der Waals surface area contributed by atoms with Crippen LogP contribution in [-0.4, -0.2) is 63.4 Å². The molecule has 0 spiro atoms. The molecule has 1 saturated heterocycles. The SMILES string of the molecule is Cl.NCCCOC1CCN(C(=O)c2cc(Cl)ccc2-n2cnnn2)CC1. The molecule has 142 valence electrons. The van der Waals surface area contributed by atoms with Gasteiger partial charge >= 0.3 is 0 Å². The summed E-state index contributed by atoms with van der Waals surface area (Å²) in [5, 5.41) is 11.6. The maximum atomic E-state index is 13.0. The maximum absolute atomic E-state index is 13.0. The largest absolute Gasteiger partial charge is 0.378 e. The van der Waals surface area contributed by atoms with Crippen LogP contribution in [0, 0.1) is 0 Å². The lowest BCUT2D eigenvalue weighted by atomic mass is 10.1. The van der Waals surface area contributed by atoms with Crippen molar-refractivity contribution in [1.29, 1.82) is 0 Å². The minimum atomic E-state index is -0.0755. The first-order chi connectivity index (χ1) is 12.2. The number of halogens is 2. The van der Waals surface area contributed by atoms with E-state index in [1.54, 1.807) is 18.2 Å². The monoisotopic (exact) mass is 400 g/mol. The second-order valence-corrected chi connectivity index (χ2v) is 6.36. The number of amides is 1. The first-order valence-corrected chi connectivity index (χ1v) is 8.70. The first-order valence-electron chi connectivity index (χ1n) is 8.33. The second-order valence-electron chi connectivity index (χ2n) is 5.92. The molecule has 1 aliphatic heterocycles. The molecule has 8 nitrogen and oxygen atoms in total. The molecule has 26 heavy (non-hydrogen) atoms. The third-order valence-corrected chi connectivity index (χ3v) is 4.45. The van der Waals surface area contributed by atoms with Crippen LogP contribution in [0.2, 0.25) is 5.02 Å². The van der Waals surface area contributed by atoms with E-state index >= 15 is 0 Å². The van der Waals surface area contributed by atoms with Gasteiger partial charge in [-0.2, -0.15) is 4.68 Å². The fraction of sp³-hybridized carbons (Fsp3) is 0.500. The molecule has 0 bridgehead atoms. The molecule has 0 atom stereocenters. The van der Waals surface area contributed by atoms with Gasteiger partial charge in [0.15, 0.2) is 0 Å². The highest BCUT2D eigenvalue weighted by molar-refractivity contribution is 6.31. The Labute approximate surface area is 163 Å². The Hall–Kier alpha value is -1.74. The molecule has 0 unspecified atom stereocenters. The van der Waals surface area contributed by atoms with Gasteiger partial charge in [-0.3, -0.25) is 4.79 Å². The molecule has 1 aliphatic rings. The number of piperidine rings is 1. The normalized spacial score (nSPS) is 14.9. The van der Waals surface area contributed by atoms with Crippen molar-refractivity contribution in [3.63, 3.8) is 0 Å². The lowest BCUT2D eigenvalue weighted by Gasteiger charge is -2.32. The van der Waals surface area contributed by atoms with Crippen molar-refractivity contribution >= 4 is 29.9 Å². The molecule has 1 aromatic heterocycles. The van der Waals surface area contributed by atoms with Crippen LogP contribution in [0.3, 0.4) is 0 Å². The van der Waals surface area contributed by atoms with Crippen molar-refractivity contribution in [3.05, 3.63) is 35.1 Å². The van der Waals surface area contributed by atoms with Crippen molar-refractivity contribution in [3.8, 4) is 5.69 Å². The van der Waals surface area contributed by atoms with E-state index in [-0.39, 0.29) is 24.4 Å². The molecular weight excluding hydrogens is 379 g/mol. The zero-order chi connectivity index (χ0) is 17.6. The number of likely N-dealkylation sites (tertiary alicyclic amines) is 1. The predicted octanol–water partition coefficient (Wildman–Crippen LogP) is 1.71. The highest BCUT2D eigenvalue weighted by Crippen LogP contribution is 2.23. The topological polar surface area (TPSA) is 99.2 Å². The fourth-order valence-electron chi connectivity index (χ4n) is 2.88. The van der Waals surface area contributed by atoms with Crippen LogP contribution in [-0.2, 0) is 4.74 Å². The van der Waals surface area contributed by atoms with Gasteiger partial charge in [-0.15, -0.1) is 17.5 Å². The van der Waals surface area contributed by atoms with Gasteiger partial charge in [0.05, 0.1) is 17.4 Å². The Morgan fingerprint density at radius 2 is 2.12 bits per heavy atom. The number of nitrogens with zero attached hydrogens (tertiary/aromatic N) is 5. The summed E-state index contributed by atoms with van der Waals surface area (Å²) in [5.41, 5.74) is 6.58. The minimum absolute atomic E-state index is 0. The van der Waals surface area contributed by atoms with Crippen molar-refractivity contribution < 1.29 is 9.53 Å². The Bertz CT molecular complexity index is 705. The predicted molar refractivity (Wildman–Crippen MR) is 100.0 cm³/mol. The van der Waals surface area contributed by atoms with Crippen LogP contribution in [0.15, 0.2) is 24.5 Å². The van der Waals surface area contributed by atoms with E-state index in [4.69, 9.17) is 22.1 Å². The maximum Gasteiger partial charge on any atom is 0.256 e. The third kappa shape index (κ3) is 4.91. The smallest absolute Gasteiger partial charge is 0.256 e. The molecule has 10 heteroatoms. The van der Waals surface area contributed by atoms with Crippen LogP contribution < -0.4 is 5.73 Å². The van der Waals surface area contributed by atoms with Gasteiger partial charge in [-0.25, -0.2) is 0 Å². The summed E-state index contributed by atoms with van der Waals surface area (Å²) in [7, 11) is 0. The van der Waals surface area contributed by atoms with Crippen LogP contribution in [0.1, 0.15) is 29.6 Å². The molecule has 0 aliphatic carbocycles. The molecule has 1 fully saturated rings. The molecule has 2 aromatic rings. The average molecular weight is 401 g/mol. The number of carbonyl (C=O) groups excluding carboxylic acids is 1. The number of hydrogen-bond donors (Lipinski definition) is 1. The Morgan fingerprint density at radius 1 is 1.35 bits per heavy atom. The Balaban J connectivity index is 0.00000243. The van der Waals surface area contributed by atoms with Gasteiger partial charge in [0.25, 0.3) is 5.91 Å². The van der Waals surface area contributed by atoms with E-state index < -0.39 is 0 Å². The molecule has 2 N–H and O–H groups in total. The summed E-state index contributed by atoms with van der Waals surface area (Å²) in [6.07, 6.45) is 4.14. The molecular formula is C16H22Cl2N6O2. The third-order valence-electron chi connectivity index (χ3n) is 4.22. The lowest BCUT2D eigenvalue weighted by Crippen LogP contribution is -2.41. The number of tetrazole rings is 1. The van der Waals surface area contributed by atoms with Gasteiger partial charge < -0.3 is 15.4 Å². The second kappa shape index (κ2) is 9.82. The van der Waals surface area contributed by atoms with Crippen LogP contribution in [0.5, 0.6) is 0 Å². The average Bonchev–Trinajstić information content (AvgIpc) is 3.16. The molecule has 0 radical (unpaired) electrons. The van der Waals surface area contributed by atoms with Gasteiger partial charge in [0, 0.05) is 24.7 Å². The van der Waals surface area contributed by atoms with Crippen molar-refractivity contribution in [1.82, 2.24) is 25.1 Å². The summed E-state index contributed by atoms with van der Waals surface area (Å²) in [6, 6.07) is 5.12. The van der Waals surface area contributed by atoms with E-state index in [0.717, 1.165) is 19.3 Å². The molecule has 2 heterocycles. The van der Waals surface area contributed by atoms with Crippen LogP contribution in [0.4, 0.5) is 0 Å². The van der Waals surface area contributed by atoms with Crippen molar-refractivity contribution in [2.45, 2.75) is 25.4 Å². The molecule has 3 rings (SSSR count). The van der Waals surface area contributed by atoms with E-state index in [0.29, 0.717) is 42.5 Å². The zero-order valence-corrected chi connectivity index (χ0v) is 15.8. The van der Waals surface area contributed by atoms with Crippen LogP contribution >= 0.6 is 24.0 Å². The van der Waals surface area contributed by atoms with Crippen molar-refractivity contribution in [2.75, 3.05) is 26.2 Å². The quantitative estimate of drug-likeness (QED) is 0.740. The highest BCUT2D eigenvalue weighted by Gasteiger charge is 2.26. The standard InChI is InChI=1S/C16H21ClN6O2.ClH/c17-12-2-3-15(23-11-19-20-21-23)14(10-12)16(24)22-7-4-13(5-8-22)25-9-1-6-18;/h2-3,10-11,13H,1,4-9,18H2;1H. The van der Waals surface area contributed by atoms with Gasteiger partial charge in [-0.1, -0.05) is 11.6 Å². The Kier molecular flexibility index (Phi) is 7.77. The van der Waals surface area contributed by atoms with E-state index in [9.17, 15) is 4.79 Å². The minimum Gasteiger partial charge on any atom is -0.378 e. The van der Waals surface area contributed by atoms with E-state index in [1.807, 2.05) is 4.90 Å². The number of carbonyl (C=O) groups is 1. The van der Waals surface area contributed by atoms with Gasteiger partial charge in [-0.05, 0) is 54.4 Å². The number of nitrogens with two attached hydrogens (primary N) is 1. The summed E-state index contributed by atoms with van der Waals surface area (Å²) in [4.78, 5) is 14.8. The number of hydrogen-bond acceptors (Lipinski definition) is 6. The molecule has 0 saturated carbocycles. The summed E-state index contributed by atoms with van der Waals surface area (Å²) in [5.74, 6) is -0.0755. The molecule has 1 aromatic carbocycles. The van der Waals surface area contributed by atoms with Gasteiger partial charge in [0.2, 0.25) is 0 Å². The van der Waals surface area contributed by atoms with E-state index in [1.165, 1.54) is 11.0 Å². The van der Waals surface area contributed by atoms with E-state index in [2.05, 4.69) is 15.5 Å². The van der Waals surface area contributed by atoms with Crippen LogP contribution in [0.25, 0.3) is 5.69 Å². The number of benzene rings is 1. The summed E-state index contributed by atoms with van der Waals surface area (Å²) in [6.45, 7) is 2.60. The number of ether oxygens (including phenoxy) is 1. The number of aromatic nitrogens is 4. The first kappa shape index (κ1) is 20.6. The summed E-state index contributed by atoms with van der Waals surface area (Å²) >= 11 is 6.09. The van der Waals surface area contributed by atoms with Gasteiger partial charge in [0.1, 0.15) is 6.33 Å². The van der Waals surface area contributed by atoms with Crippen molar-refractivity contribution in [2.24, 2.45) is 5.73 Å². The highest BCUT2D eigenvalue weighted by atomic mass is 35.5. The zero-order valence-electron chi connectivity index (χ0n) is 14.3. The Morgan fingerprint density at radius 3 is 2.77 bits per heavy atom.